The number of hydrogen-bond acceptors (Lipinski definition) is 3. The van der Waals surface area contributed by atoms with Gasteiger partial charge >= 0.3 is 0 Å². The van der Waals surface area contributed by atoms with Crippen LogP contribution >= 0.6 is 11.3 Å². The van der Waals surface area contributed by atoms with E-state index in [4.69, 9.17) is 4.74 Å². The smallest absolute Gasteiger partial charge is 0.220 e. The van der Waals surface area contributed by atoms with Gasteiger partial charge in [0.2, 0.25) is 5.91 Å². The summed E-state index contributed by atoms with van der Waals surface area (Å²) in [5.74, 6) is 0.481. The average Bonchev–Trinajstić information content (AvgIpc) is 2.71. The van der Waals surface area contributed by atoms with E-state index in [0.29, 0.717) is 18.9 Å². The quantitative estimate of drug-likeness (QED) is 0.831. The van der Waals surface area contributed by atoms with Gasteiger partial charge in [0.05, 0.1) is 0 Å². The highest BCUT2D eigenvalue weighted by molar-refractivity contribution is 7.07. The summed E-state index contributed by atoms with van der Waals surface area (Å²) >= 11 is 1.64. The van der Waals surface area contributed by atoms with E-state index in [9.17, 15) is 4.79 Å². The maximum atomic E-state index is 11.5. The van der Waals surface area contributed by atoms with Crippen LogP contribution in [0.3, 0.4) is 0 Å². The van der Waals surface area contributed by atoms with Crippen LogP contribution in [0.2, 0.25) is 0 Å². The predicted molar refractivity (Wildman–Crippen MR) is 66.5 cm³/mol. The molecule has 0 bridgehead atoms. The third-order valence-corrected chi connectivity index (χ3v) is 2.98. The highest BCUT2D eigenvalue weighted by atomic mass is 32.1. The fourth-order valence-corrected chi connectivity index (χ4v) is 2.15. The molecule has 1 N–H and O–H groups in total. The topological polar surface area (TPSA) is 38.3 Å². The lowest BCUT2D eigenvalue weighted by Crippen LogP contribution is -2.29. The van der Waals surface area contributed by atoms with Crippen molar-refractivity contribution in [3.8, 4) is 0 Å². The van der Waals surface area contributed by atoms with Crippen LogP contribution < -0.4 is 5.32 Å². The summed E-state index contributed by atoms with van der Waals surface area (Å²) < 4.78 is 5.34. The molecule has 90 valence electrons. The van der Waals surface area contributed by atoms with Crippen molar-refractivity contribution in [3.63, 3.8) is 0 Å². The van der Waals surface area contributed by atoms with Crippen molar-refractivity contribution in [2.75, 3.05) is 13.7 Å². The maximum Gasteiger partial charge on any atom is 0.220 e. The summed E-state index contributed by atoms with van der Waals surface area (Å²) in [6.45, 7) is 4.61. The fourth-order valence-electron chi connectivity index (χ4n) is 1.44. The molecule has 4 heteroatoms. The molecule has 0 aliphatic heterocycles. The normalized spacial score (nSPS) is 12.8. The molecule has 0 radical (unpaired) electrons. The molecule has 1 amide bonds. The fraction of sp³-hybridized carbons (Fsp3) is 0.583. The summed E-state index contributed by atoms with van der Waals surface area (Å²) in [5.41, 5.74) is 1.12. The molecule has 1 rings (SSSR count). The Morgan fingerprint density at radius 1 is 1.56 bits per heavy atom. The van der Waals surface area contributed by atoms with E-state index in [-0.39, 0.29) is 12.0 Å². The van der Waals surface area contributed by atoms with E-state index in [0.717, 1.165) is 5.56 Å². The van der Waals surface area contributed by atoms with Gasteiger partial charge in [0.15, 0.2) is 0 Å². The zero-order chi connectivity index (χ0) is 12.0. The van der Waals surface area contributed by atoms with Crippen LogP contribution in [0.5, 0.6) is 0 Å². The molecule has 1 unspecified atom stereocenters. The Balaban J connectivity index is 2.38. The molecule has 16 heavy (non-hydrogen) atoms. The first kappa shape index (κ1) is 13.2. The minimum atomic E-state index is -0.0395. The van der Waals surface area contributed by atoms with Crippen LogP contribution in [0.15, 0.2) is 16.8 Å². The number of thiophene rings is 1. The van der Waals surface area contributed by atoms with Gasteiger partial charge in [0.25, 0.3) is 0 Å². The Labute approximate surface area is 101 Å². The summed E-state index contributed by atoms with van der Waals surface area (Å²) in [6.07, 6.45) is 0.530. The third kappa shape index (κ3) is 4.33. The first-order chi connectivity index (χ1) is 7.63. The number of methoxy groups -OCH3 is 1. The van der Waals surface area contributed by atoms with Crippen LogP contribution in [0.25, 0.3) is 0 Å². The molecule has 1 atom stereocenters. The summed E-state index contributed by atoms with van der Waals surface area (Å²) in [6, 6.07) is 2.02. The third-order valence-electron chi connectivity index (χ3n) is 2.28. The van der Waals surface area contributed by atoms with Crippen LogP contribution in [-0.4, -0.2) is 19.6 Å². The summed E-state index contributed by atoms with van der Waals surface area (Å²) in [5, 5.41) is 6.95. The van der Waals surface area contributed by atoms with Gasteiger partial charge in [-0.2, -0.15) is 11.3 Å². The van der Waals surface area contributed by atoms with Gasteiger partial charge in [0.1, 0.15) is 6.10 Å². The van der Waals surface area contributed by atoms with Crippen LogP contribution in [-0.2, 0) is 9.53 Å². The van der Waals surface area contributed by atoms with Gasteiger partial charge in [0, 0.05) is 20.1 Å². The molecule has 0 fully saturated rings. The monoisotopic (exact) mass is 241 g/mol. The molecule has 0 saturated carbocycles. The highest BCUT2D eigenvalue weighted by Crippen LogP contribution is 2.18. The first-order valence-electron chi connectivity index (χ1n) is 5.45. The van der Waals surface area contributed by atoms with Gasteiger partial charge < -0.3 is 10.1 Å². The lowest BCUT2D eigenvalue weighted by molar-refractivity contribution is -0.122. The number of hydrogen-bond donors (Lipinski definition) is 1. The minimum Gasteiger partial charge on any atom is -0.375 e. The van der Waals surface area contributed by atoms with E-state index in [1.807, 2.05) is 30.7 Å². The molecular formula is C12H19NO2S. The Morgan fingerprint density at radius 2 is 2.31 bits per heavy atom. The second-order valence-electron chi connectivity index (χ2n) is 4.18. The molecule has 3 nitrogen and oxygen atoms in total. The zero-order valence-corrected chi connectivity index (χ0v) is 10.8. The van der Waals surface area contributed by atoms with Crippen molar-refractivity contribution in [3.05, 3.63) is 22.4 Å². The van der Waals surface area contributed by atoms with E-state index in [1.54, 1.807) is 18.4 Å². The number of nitrogens with one attached hydrogen (secondary N) is 1. The highest BCUT2D eigenvalue weighted by Gasteiger charge is 2.12. The molecule has 0 saturated heterocycles. The van der Waals surface area contributed by atoms with Crippen molar-refractivity contribution in [1.82, 2.24) is 5.32 Å². The standard InChI is InChI=1S/C12H19NO2S/c1-9(2)6-12(14)13-7-11(15-3)10-4-5-16-8-10/h4-5,8-9,11H,6-7H2,1-3H3,(H,13,14). The van der Waals surface area contributed by atoms with Gasteiger partial charge in [-0.15, -0.1) is 0 Å². The number of ether oxygens (including phenoxy) is 1. The minimum absolute atomic E-state index is 0.0395. The molecule has 1 aromatic heterocycles. The van der Waals surface area contributed by atoms with Crippen molar-refractivity contribution in [2.24, 2.45) is 5.92 Å². The molecule has 0 spiro atoms. The van der Waals surface area contributed by atoms with Gasteiger partial charge in [-0.05, 0) is 28.3 Å². The molecule has 0 aliphatic carbocycles. The lowest BCUT2D eigenvalue weighted by atomic mass is 10.1. The van der Waals surface area contributed by atoms with Crippen LogP contribution in [0.1, 0.15) is 31.9 Å². The Kier molecular flexibility index (Phi) is 5.49. The average molecular weight is 241 g/mol. The zero-order valence-electron chi connectivity index (χ0n) is 10.0. The molecule has 1 aromatic rings. The van der Waals surface area contributed by atoms with Crippen LogP contribution in [0.4, 0.5) is 0 Å². The van der Waals surface area contributed by atoms with Crippen LogP contribution in [0, 0.1) is 5.92 Å². The van der Waals surface area contributed by atoms with Gasteiger partial charge in [-0.3, -0.25) is 4.79 Å². The van der Waals surface area contributed by atoms with Crippen molar-refractivity contribution in [2.45, 2.75) is 26.4 Å². The predicted octanol–water partition coefficient (Wildman–Crippen LogP) is 2.60. The van der Waals surface area contributed by atoms with E-state index in [2.05, 4.69) is 5.32 Å². The molecule has 1 heterocycles. The van der Waals surface area contributed by atoms with Crippen molar-refractivity contribution in [1.29, 1.82) is 0 Å². The SMILES string of the molecule is COC(CNC(=O)CC(C)C)c1ccsc1. The number of rotatable bonds is 6. The van der Waals surface area contributed by atoms with Gasteiger partial charge in [-0.25, -0.2) is 0 Å². The Bertz CT molecular complexity index is 309. The Morgan fingerprint density at radius 3 is 2.81 bits per heavy atom. The first-order valence-corrected chi connectivity index (χ1v) is 6.39. The number of carbonyl (C=O) groups is 1. The van der Waals surface area contributed by atoms with Crippen molar-refractivity contribution < 1.29 is 9.53 Å². The lowest BCUT2D eigenvalue weighted by Gasteiger charge is -2.15. The van der Waals surface area contributed by atoms with Gasteiger partial charge in [-0.1, -0.05) is 13.8 Å². The molecular weight excluding hydrogens is 222 g/mol. The second-order valence-corrected chi connectivity index (χ2v) is 4.96. The molecule has 0 aliphatic rings. The maximum absolute atomic E-state index is 11.5. The largest absolute Gasteiger partial charge is 0.375 e. The van der Waals surface area contributed by atoms with E-state index < -0.39 is 0 Å². The Hall–Kier alpha value is -0.870. The number of carbonyl (C=O) groups excluding carboxylic acids is 1. The van der Waals surface area contributed by atoms with Crippen molar-refractivity contribution >= 4 is 17.2 Å². The molecule has 0 aromatic carbocycles. The van der Waals surface area contributed by atoms with E-state index in [1.165, 1.54) is 0 Å². The van der Waals surface area contributed by atoms with E-state index >= 15 is 0 Å². The summed E-state index contributed by atoms with van der Waals surface area (Å²) in [7, 11) is 1.66. The summed E-state index contributed by atoms with van der Waals surface area (Å²) in [4.78, 5) is 11.5. The second kappa shape index (κ2) is 6.66. The number of amides is 1.